The zero-order valence-electron chi connectivity index (χ0n) is 18.4. The van der Waals surface area contributed by atoms with E-state index >= 15 is 0 Å². The van der Waals surface area contributed by atoms with Gasteiger partial charge in [0.25, 0.3) is 5.91 Å². The van der Waals surface area contributed by atoms with E-state index in [2.05, 4.69) is 9.97 Å². The Hall–Kier alpha value is -3.81. The summed E-state index contributed by atoms with van der Waals surface area (Å²) in [6.45, 7) is 5.67. The molecule has 0 unspecified atom stereocenters. The number of fused-ring (bicyclic) bond motifs is 1. The molecule has 0 saturated carbocycles. The molecule has 3 aromatic rings. The van der Waals surface area contributed by atoms with Gasteiger partial charge in [-0.05, 0) is 45.0 Å². The molecule has 164 valence electrons. The number of amides is 3. The van der Waals surface area contributed by atoms with Crippen molar-refractivity contribution in [3.05, 3.63) is 66.0 Å². The predicted octanol–water partition coefficient (Wildman–Crippen LogP) is 2.62. The maximum atomic E-state index is 13.1. The van der Waals surface area contributed by atoms with E-state index in [1.807, 2.05) is 63.2 Å². The first kappa shape index (κ1) is 21.4. The van der Waals surface area contributed by atoms with Crippen molar-refractivity contribution in [1.29, 1.82) is 0 Å². The van der Waals surface area contributed by atoms with Crippen LogP contribution in [-0.4, -0.2) is 63.3 Å². The second kappa shape index (κ2) is 8.74. The molecule has 2 heterocycles. The van der Waals surface area contributed by atoms with Crippen molar-refractivity contribution in [2.24, 2.45) is 0 Å². The number of para-hydroxylation sites is 2. The minimum absolute atomic E-state index is 0.0113. The molecule has 0 bridgehead atoms. The largest absolute Gasteiger partial charge is 0.326 e. The third-order valence-electron chi connectivity index (χ3n) is 5.50. The maximum Gasteiger partial charge on any atom is 0.274 e. The Morgan fingerprint density at radius 1 is 1.06 bits per heavy atom. The van der Waals surface area contributed by atoms with Crippen molar-refractivity contribution < 1.29 is 14.4 Å². The average Bonchev–Trinajstić information content (AvgIpc) is 3.18. The quantitative estimate of drug-likeness (QED) is 0.620. The Balaban J connectivity index is 1.48. The summed E-state index contributed by atoms with van der Waals surface area (Å²) in [4.78, 5) is 51.9. The standard InChI is InChI=1S/C24H25N5O3/c1-16(2)28(24(32)21-12-25-19-6-4-5-7-20(19)26-21)14-22(30)27-13-23(31)29(15-27)18-10-8-17(3)9-11-18/h4-12,16H,13-15H2,1-3H3. The van der Waals surface area contributed by atoms with Crippen molar-refractivity contribution in [3.63, 3.8) is 0 Å². The Morgan fingerprint density at radius 3 is 2.44 bits per heavy atom. The van der Waals surface area contributed by atoms with Gasteiger partial charge in [0.15, 0.2) is 0 Å². The molecule has 4 rings (SSSR count). The highest BCUT2D eigenvalue weighted by Crippen LogP contribution is 2.20. The number of nitrogens with zero attached hydrogens (tertiary/aromatic N) is 5. The molecule has 8 nitrogen and oxygen atoms in total. The lowest BCUT2D eigenvalue weighted by atomic mass is 10.2. The van der Waals surface area contributed by atoms with Crippen LogP contribution in [0.2, 0.25) is 0 Å². The lowest BCUT2D eigenvalue weighted by molar-refractivity contribution is -0.132. The summed E-state index contributed by atoms with van der Waals surface area (Å²) < 4.78 is 0. The van der Waals surface area contributed by atoms with Crippen LogP contribution in [0.15, 0.2) is 54.7 Å². The highest BCUT2D eigenvalue weighted by molar-refractivity contribution is 6.01. The molecule has 1 aliphatic rings. The minimum atomic E-state index is -0.368. The van der Waals surface area contributed by atoms with Gasteiger partial charge in [-0.15, -0.1) is 0 Å². The van der Waals surface area contributed by atoms with Crippen LogP contribution in [0, 0.1) is 6.92 Å². The summed E-state index contributed by atoms with van der Waals surface area (Å²) in [6.07, 6.45) is 1.43. The van der Waals surface area contributed by atoms with Gasteiger partial charge >= 0.3 is 0 Å². The summed E-state index contributed by atoms with van der Waals surface area (Å²) in [5.74, 6) is -0.804. The van der Waals surface area contributed by atoms with E-state index in [9.17, 15) is 14.4 Å². The van der Waals surface area contributed by atoms with Gasteiger partial charge in [-0.2, -0.15) is 0 Å². The van der Waals surface area contributed by atoms with Crippen molar-refractivity contribution in [2.75, 3.05) is 24.7 Å². The number of hydrogen-bond acceptors (Lipinski definition) is 5. The molecule has 0 atom stereocenters. The SMILES string of the molecule is Cc1ccc(N2CN(C(=O)CN(C(=O)c3cnc4ccccc4n3)C(C)C)CC2=O)cc1. The summed E-state index contributed by atoms with van der Waals surface area (Å²) in [6, 6.07) is 14.7. The second-order valence-electron chi connectivity index (χ2n) is 8.16. The number of aryl methyl sites for hydroxylation is 1. The second-order valence-corrected chi connectivity index (χ2v) is 8.16. The molecule has 0 radical (unpaired) electrons. The highest BCUT2D eigenvalue weighted by atomic mass is 16.2. The van der Waals surface area contributed by atoms with E-state index in [0.717, 1.165) is 11.3 Å². The smallest absolute Gasteiger partial charge is 0.274 e. The minimum Gasteiger partial charge on any atom is -0.326 e. The molecule has 2 aromatic carbocycles. The molecule has 3 amide bonds. The molecule has 1 saturated heterocycles. The van der Waals surface area contributed by atoms with Gasteiger partial charge < -0.3 is 9.80 Å². The number of aromatic nitrogens is 2. The van der Waals surface area contributed by atoms with Gasteiger partial charge in [-0.25, -0.2) is 4.98 Å². The van der Waals surface area contributed by atoms with Crippen LogP contribution in [0.4, 0.5) is 5.69 Å². The number of carbonyl (C=O) groups is 3. The van der Waals surface area contributed by atoms with E-state index in [1.54, 1.807) is 11.0 Å². The Labute approximate surface area is 186 Å². The van der Waals surface area contributed by atoms with Gasteiger partial charge in [0, 0.05) is 11.7 Å². The van der Waals surface area contributed by atoms with E-state index in [4.69, 9.17) is 0 Å². The molecule has 1 aromatic heterocycles. The van der Waals surface area contributed by atoms with Gasteiger partial charge in [0.05, 0.1) is 17.2 Å². The van der Waals surface area contributed by atoms with Gasteiger partial charge in [-0.3, -0.25) is 24.3 Å². The Bertz CT molecular complexity index is 1180. The number of benzene rings is 2. The summed E-state index contributed by atoms with van der Waals surface area (Å²) in [5.41, 5.74) is 3.34. The first-order chi connectivity index (χ1) is 15.3. The molecule has 0 N–H and O–H groups in total. The van der Waals surface area contributed by atoms with E-state index in [1.165, 1.54) is 16.0 Å². The topological polar surface area (TPSA) is 86.7 Å². The average molecular weight is 431 g/mol. The Kier molecular flexibility index (Phi) is 5.85. The fourth-order valence-electron chi connectivity index (χ4n) is 3.61. The van der Waals surface area contributed by atoms with E-state index < -0.39 is 0 Å². The molecule has 0 spiro atoms. The van der Waals surface area contributed by atoms with Crippen LogP contribution < -0.4 is 4.90 Å². The maximum absolute atomic E-state index is 13.1. The first-order valence-corrected chi connectivity index (χ1v) is 10.5. The van der Waals surface area contributed by atoms with Crippen LogP contribution in [0.25, 0.3) is 11.0 Å². The third kappa shape index (κ3) is 4.30. The normalized spacial score (nSPS) is 13.8. The lowest BCUT2D eigenvalue weighted by Gasteiger charge is -2.28. The van der Waals surface area contributed by atoms with Gasteiger partial charge in [0.2, 0.25) is 11.8 Å². The fourth-order valence-corrected chi connectivity index (χ4v) is 3.61. The fraction of sp³-hybridized carbons (Fsp3) is 0.292. The lowest BCUT2D eigenvalue weighted by Crippen LogP contribution is -2.46. The van der Waals surface area contributed by atoms with Gasteiger partial charge in [-0.1, -0.05) is 29.8 Å². The van der Waals surface area contributed by atoms with Crippen molar-refractivity contribution in [1.82, 2.24) is 19.8 Å². The van der Waals surface area contributed by atoms with Crippen molar-refractivity contribution in [3.8, 4) is 0 Å². The highest BCUT2D eigenvalue weighted by Gasteiger charge is 2.33. The number of hydrogen-bond donors (Lipinski definition) is 0. The van der Waals surface area contributed by atoms with E-state index in [-0.39, 0.29) is 49.2 Å². The van der Waals surface area contributed by atoms with Crippen LogP contribution in [0.3, 0.4) is 0 Å². The molecule has 0 aliphatic carbocycles. The summed E-state index contributed by atoms with van der Waals surface area (Å²) >= 11 is 0. The zero-order valence-corrected chi connectivity index (χ0v) is 18.4. The molecule has 1 fully saturated rings. The monoisotopic (exact) mass is 431 g/mol. The molecular weight excluding hydrogens is 406 g/mol. The first-order valence-electron chi connectivity index (χ1n) is 10.5. The third-order valence-corrected chi connectivity index (χ3v) is 5.50. The molecule has 32 heavy (non-hydrogen) atoms. The number of carbonyl (C=O) groups excluding carboxylic acids is 3. The number of anilines is 1. The van der Waals surface area contributed by atoms with E-state index in [0.29, 0.717) is 11.0 Å². The van der Waals surface area contributed by atoms with Crippen molar-refractivity contribution in [2.45, 2.75) is 26.8 Å². The van der Waals surface area contributed by atoms with Crippen molar-refractivity contribution >= 4 is 34.4 Å². The Morgan fingerprint density at radius 2 is 1.75 bits per heavy atom. The summed E-state index contributed by atoms with van der Waals surface area (Å²) in [7, 11) is 0. The zero-order chi connectivity index (χ0) is 22.8. The molecule has 8 heteroatoms. The molecular formula is C24H25N5O3. The number of rotatable bonds is 5. The summed E-state index contributed by atoms with van der Waals surface area (Å²) in [5, 5.41) is 0. The van der Waals surface area contributed by atoms with Crippen LogP contribution in [0.1, 0.15) is 29.9 Å². The van der Waals surface area contributed by atoms with Crippen LogP contribution >= 0.6 is 0 Å². The van der Waals surface area contributed by atoms with Gasteiger partial charge in [0.1, 0.15) is 25.5 Å². The van der Waals surface area contributed by atoms with Crippen LogP contribution in [-0.2, 0) is 9.59 Å². The molecule has 1 aliphatic heterocycles. The van der Waals surface area contributed by atoms with Crippen LogP contribution in [0.5, 0.6) is 0 Å². The predicted molar refractivity (Wildman–Crippen MR) is 121 cm³/mol.